The number of carbonyl (C=O) groups is 1. The average molecular weight is 396 g/mol. The lowest BCUT2D eigenvalue weighted by molar-refractivity contribution is -0.118. The summed E-state index contributed by atoms with van der Waals surface area (Å²) in [7, 11) is -2.16. The number of benzene rings is 3. The number of ether oxygens (including phenoxy) is 1. The van der Waals surface area contributed by atoms with E-state index in [1.54, 1.807) is 0 Å². The van der Waals surface area contributed by atoms with Gasteiger partial charge < -0.3 is 10.1 Å². The van der Waals surface area contributed by atoms with Crippen LogP contribution in [0.3, 0.4) is 0 Å². The number of carbonyl (C=O) groups excluding carboxylic acids is 1. The zero-order valence-corrected chi connectivity index (χ0v) is 16.1. The molecule has 0 aromatic heterocycles. The van der Waals surface area contributed by atoms with Gasteiger partial charge >= 0.3 is 0 Å². The van der Waals surface area contributed by atoms with Gasteiger partial charge in [0, 0.05) is 5.69 Å². The SMILES string of the molecule is CNS(=O)(=O)c1ccc(NC(=O)COc2ccc(-c3ccccc3)cc2)cc1. The van der Waals surface area contributed by atoms with Gasteiger partial charge in [0.2, 0.25) is 10.0 Å². The van der Waals surface area contributed by atoms with Gasteiger partial charge in [0.1, 0.15) is 5.75 Å². The van der Waals surface area contributed by atoms with Crippen LogP contribution in [0.25, 0.3) is 11.1 Å². The lowest BCUT2D eigenvalue weighted by atomic mass is 10.1. The van der Waals surface area contributed by atoms with Crippen LogP contribution in [0.1, 0.15) is 0 Å². The van der Waals surface area contributed by atoms with Crippen molar-refractivity contribution in [2.24, 2.45) is 0 Å². The van der Waals surface area contributed by atoms with E-state index in [0.29, 0.717) is 11.4 Å². The first-order valence-electron chi connectivity index (χ1n) is 8.60. The summed E-state index contributed by atoms with van der Waals surface area (Å²) < 4.78 is 31.1. The highest BCUT2D eigenvalue weighted by Crippen LogP contribution is 2.22. The van der Waals surface area contributed by atoms with Crippen LogP contribution in [0, 0.1) is 0 Å². The summed E-state index contributed by atoms with van der Waals surface area (Å²) in [5.74, 6) is 0.252. The van der Waals surface area contributed by atoms with E-state index < -0.39 is 10.0 Å². The molecule has 2 N–H and O–H groups in total. The molecule has 6 nitrogen and oxygen atoms in total. The van der Waals surface area contributed by atoms with E-state index in [9.17, 15) is 13.2 Å². The van der Waals surface area contributed by atoms with E-state index in [2.05, 4.69) is 10.0 Å². The molecule has 7 heteroatoms. The van der Waals surface area contributed by atoms with Crippen molar-refractivity contribution < 1.29 is 17.9 Å². The van der Waals surface area contributed by atoms with Gasteiger partial charge in [-0.3, -0.25) is 4.79 Å². The fourth-order valence-electron chi connectivity index (χ4n) is 2.56. The van der Waals surface area contributed by atoms with E-state index in [4.69, 9.17) is 4.74 Å². The Hall–Kier alpha value is -3.16. The molecule has 0 radical (unpaired) electrons. The molecular formula is C21H20N2O4S. The van der Waals surface area contributed by atoms with E-state index in [0.717, 1.165) is 11.1 Å². The molecule has 0 saturated carbocycles. The molecule has 0 bridgehead atoms. The molecule has 0 unspecified atom stereocenters. The van der Waals surface area contributed by atoms with Crippen LogP contribution < -0.4 is 14.8 Å². The minimum absolute atomic E-state index is 0.128. The molecule has 0 spiro atoms. The van der Waals surface area contributed by atoms with Crippen LogP contribution >= 0.6 is 0 Å². The number of hydrogen-bond donors (Lipinski definition) is 2. The molecule has 3 rings (SSSR count). The van der Waals surface area contributed by atoms with Gasteiger partial charge in [-0.05, 0) is 54.6 Å². The summed E-state index contributed by atoms with van der Waals surface area (Å²) in [5.41, 5.74) is 2.66. The Balaban J connectivity index is 1.54. The van der Waals surface area contributed by atoms with Crippen molar-refractivity contribution in [2.45, 2.75) is 4.90 Å². The van der Waals surface area contributed by atoms with Crippen LogP contribution in [0.5, 0.6) is 5.75 Å². The number of sulfonamides is 1. The Morgan fingerprint density at radius 3 is 2.07 bits per heavy atom. The summed E-state index contributed by atoms with van der Waals surface area (Å²) in [6, 6.07) is 23.4. The van der Waals surface area contributed by atoms with E-state index >= 15 is 0 Å². The van der Waals surface area contributed by atoms with Crippen LogP contribution in [-0.4, -0.2) is 28.0 Å². The number of hydrogen-bond acceptors (Lipinski definition) is 4. The fraction of sp³-hybridized carbons (Fsp3) is 0.0952. The third-order valence-electron chi connectivity index (χ3n) is 4.05. The lowest BCUT2D eigenvalue weighted by Crippen LogP contribution is -2.20. The van der Waals surface area contributed by atoms with Crippen molar-refractivity contribution >= 4 is 21.6 Å². The van der Waals surface area contributed by atoms with Crippen LogP contribution in [0.4, 0.5) is 5.69 Å². The first-order chi connectivity index (χ1) is 13.5. The van der Waals surface area contributed by atoms with Crippen molar-refractivity contribution in [1.82, 2.24) is 4.72 Å². The second-order valence-electron chi connectivity index (χ2n) is 5.96. The average Bonchev–Trinajstić information content (AvgIpc) is 2.74. The van der Waals surface area contributed by atoms with Crippen molar-refractivity contribution in [3.8, 4) is 16.9 Å². The zero-order valence-electron chi connectivity index (χ0n) is 15.3. The van der Waals surface area contributed by atoms with E-state index in [1.165, 1.54) is 31.3 Å². The summed E-state index contributed by atoms with van der Waals surface area (Å²) in [6.45, 7) is -0.152. The minimum Gasteiger partial charge on any atom is -0.484 e. The number of anilines is 1. The van der Waals surface area contributed by atoms with Gasteiger partial charge in [0.25, 0.3) is 5.91 Å². The summed E-state index contributed by atoms with van der Waals surface area (Å²) in [5, 5.41) is 2.67. The quantitative estimate of drug-likeness (QED) is 0.642. The van der Waals surface area contributed by atoms with Crippen molar-refractivity contribution in [1.29, 1.82) is 0 Å². The largest absolute Gasteiger partial charge is 0.484 e. The van der Waals surface area contributed by atoms with Gasteiger partial charge in [0.05, 0.1) is 4.90 Å². The molecule has 0 saturated heterocycles. The maximum atomic E-state index is 12.0. The predicted molar refractivity (Wildman–Crippen MR) is 109 cm³/mol. The van der Waals surface area contributed by atoms with Crippen molar-refractivity contribution in [3.63, 3.8) is 0 Å². The molecule has 0 aliphatic heterocycles. The topological polar surface area (TPSA) is 84.5 Å². The normalized spacial score (nSPS) is 11.0. The van der Waals surface area contributed by atoms with E-state index in [1.807, 2.05) is 54.6 Å². The molecule has 3 aromatic rings. The van der Waals surface area contributed by atoms with Gasteiger partial charge in [0.15, 0.2) is 6.61 Å². The first-order valence-corrected chi connectivity index (χ1v) is 10.1. The maximum Gasteiger partial charge on any atom is 0.262 e. The Bertz CT molecular complexity index is 1030. The molecule has 0 aliphatic rings. The molecule has 1 amide bonds. The van der Waals surface area contributed by atoms with Crippen molar-refractivity contribution in [3.05, 3.63) is 78.9 Å². The number of rotatable bonds is 7. The summed E-state index contributed by atoms with van der Waals surface area (Å²) in [6.07, 6.45) is 0. The third kappa shape index (κ3) is 4.97. The third-order valence-corrected chi connectivity index (χ3v) is 5.48. The maximum absolute atomic E-state index is 12.0. The summed E-state index contributed by atoms with van der Waals surface area (Å²) in [4.78, 5) is 12.2. The molecule has 144 valence electrons. The predicted octanol–water partition coefficient (Wildman–Crippen LogP) is 3.28. The second kappa shape index (κ2) is 8.69. The fourth-order valence-corrected chi connectivity index (χ4v) is 3.29. The highest BCUT2D eigenvalue weighted by molar-refractivity contribution is 7.89. The highest BCUT2D eigenvalue weighted by Gasteiger charge is 2.11. The Labute approximate surface area is 164 Å². The molecule has 0 atom stereocenters. The van der Waals surface area contributed by atoms with E-state index in [-0.39, 0.29) is 17.4 Å². The molecule has 3 aromatic carbocycles. The lowest BCUT2D eigenvalue weighted by Gasteiger charge is -2.09. The van der Waals surface area contributed by atoms with Crippen LogP contribution in [0.15, 0.2) is 83.8 Å². The van der Waals surface area contributed by atoms with Gasteiger partial charge in [-0.25, -0.2) is 13.1 Å². The standard InChI is InChI=1S/C21H20N2O4S/c1-22-28(25,26)20-13-9-18(10-14-20)23-21(24)15-27-19-11-7-17(8-12-19)16-5-3-2-4-6-16/h2-14,22H,15H2,1H3,(H,23,24). The molecule has 0 heterocycles. The number of nitrogens with one attached hydrogen (secondary N) is 2. The molecule has 0 aliphatic carbocycles. The van der Waals surface area contributed by atoms with Crippen LogP contribution in [-0.2, 0) is 14.8 Å². The highest BCUT2D eigenvalue weighted by atomic mass is 32.2. The van der Waals surface area contributed by atoms with Gasteiger partial charge in [-0.2, -0.15) is 0 Å². The Kier molecular flexibility index (Phi) is 6.08. The molecule has 28 heavy (non-hydrogen) atoms. The molecule has 0 fully saturated rings. The van der Waals surface area contributed by atoms with Crippen LogP contribution in [0.2, 0.25) is 0 Å². The van der Waals surface area contributed by atoms with Gasteiger partial charge in [-0.1, -0.05) is 42.5 Å². The van der Waals surface area contributed by atoms with Gasteiger partial charge in [-0.15, -0.1) is 0 Å². The van der Waals surface area contributed by atoms with Crippen molar-refractivity contribution in [2.75, 3.05) is 19.0 Å². The smallest absolute Gasteiger partial charge is 0.262 e. The first kappa shape index (κ1) is 19.6. The Morgan fingerprint density at radius 2 is 1.46 bits per heavy atom. The zero-order chi connectivity index (χ0) is 20.0. The Morgan fingerprint density at radius 1 is 0.857 bits per heavy atom. The minimum atomic E-state index is -3.50. The summed E-state index contributed by atoms with van der Waals surface area (Å²) >= 11 is 0. The second-order valence-corrected chi connectivity index (χ2v) is 7.85. The number of amides is 1. The monoisotopic (exact) mass is 396 g/mol. The molecular weight excluding hydrogens is 376 g/mol.